The molecule has 16 heavy (non-hydrogen) atoms. The van der Waals surface area contributed by atoms with Crippen molar-refractivity contribution in [3.63, 3.8) is 0 Å². The van der Waals surface area contributed by atoms with Crippen molar-refractivity contribution in [1.29, 1.82) is 0 Å². The van der Waals surface area contributed by atoms with Crippen molar-refractivity contribution in [2.75, 3.05) is 13.2 Å². The molecule has 0 rings (SSSR count). The zero-order valence-electron chi connectivity index (χ0n) is 9.99. The maximum absolute atomic E-state index is 11.5. The summed E-state index contributed by atoms with van der Waals surface area (Å²) in [6.45, 7) is 5.95. The lowest BCUT2D eigenvalue weighted by molar-refractivity contribution is -0.161. The van der Waals surface area contributed by atoms with Crippen molar-refractivity contribution < 1.29 is 19.1 Å². The van der Waals surface area contributed by atoms with Crippen molar-refractivity contribution >= 4 is 27.9 Å². The maximum Gasteiger partial charge on any atom is 0.320 e. The fourth-order valence-electron chi connectivity index (χ4n) is 1.21. The molecule has 0 aliphatic heterocycles. The molecule has 0 saturated heterocycles. The highest BCUT2D eigenvalue weighted by Crippen LogP contribution is 2.16. The highest BCUT2D eigenvalue weighted by atomic mass is 79.9. The summed E-state index contributed by atoms with van der Waals surface area (Å²) in [5.41, 5.74) is 0. The predicted octanol–water partition coefficient (Wildman–Crippen LogP) is 2.29. The average Bonchev–Trinajstić information content (AvgIpc) is 2.18. The average molecular weight is 295 g/mol. The van der Waals surface area contributed by atoms with Crippen LogP contribution >= 0.6 is 15.9 Å². The van der Waals surface area contributed by atoms with E-state index in [4.69, 9.17) is 9.47 Å². The van der Waals surface area contributed by atoms with Gasteiger partial charge in [-0.25, -0.2) is 0 Å². The third-order valence-electron chi connectivity index (χ3n) is 2.00. The molecule has 0 radical (unpaired) electrons. The summed E-state index contributed by atoms with van der Waals surface area (Å²) in [7, 11) is 0. The van der Waals surface area contributed by atoms with Crippen molar-refractivity contribution in [3.8, 4) is 0 Å². The summed E-state index contributed by atoms with van der Waals surface area (Å²) in [5, 5.41) is 0. The van der Waals surface area contributed by atoms with E-state index in [0.29, 0.717) is 6.42 Å². The van der Waals surface area contributed by atoms with Crippen LogP contribution in [0, 0.1) is 5.92 Å². The van der Waals surface area contributed by atoms with E-state index >= 15 is 0 Å². The van der Waals surface area contributed by atoms with Crippen LogP contribution in [0.25, 0.3) is 0 Å². The van der Waals surface area contributed by atoms with Crippen LogP contribution in [-0.4, -0.2) is 30.0 Å². The minimum absolute atomic E-state index is 0.263. The Hall–Kier alpha value is -0.580. The molecule has 4 nitrogen and oxygen atoms in total. The number of esters is 2. The van der Waals surface area contributed by atoms with Crippen LogP contribution in [-0.2, 0) is 19.1 Å². The van der Waals surface area contributed by atoms with Gasteiger partial charge in [0.15, 0.2) is 5.92 Å². The normalized spacial score (nSPS) is 12.3. The van der Waals surface area contributed by atoms with Gasteiger partial charge in [0.1, 0.15) is 0 Å². The number of hydrogen-bond acceptors (Lipinski definition) is 4. The van der Waals surface area contributed by atoms with Gasteiger partial charge in [-0.3, -0.25) is 9.59 Å². The minimum atomic E-state index is -0.792. The zero-order valence-corrected chi connectivity index (χ0v) is 11.6. The van der Waals surface area contributed by atoms with Gasteiger partial charge in [-0.1, -0.05) is 22.9 Å². The second-order valence-electron chi connectivity index (χ2n) is 3.41. The summed E-state index contributed by atoms with van der Waals surface area (Å²) >= 11 is 3.37. The summed E-state index contributed by atoms with van der Waals surface area (Å²) in [4.78, 5) is 23.3. The molecule has 0 saturated carbocycles. The molecule has 1 atom stereocenters. The lowest BCUT2D eigenvalue weighted by Gasteiger charge is -2.14. The molecule has 0 fully saturated rings. The molecule has 94 valence electrons. The highest BCUT2D eigenvalue weighted by Gasteiger charge is 2.29. The summed E-state index contributed by atoms with van der Waals surface area (Å²) in [6, 6.07) is 0. The number of hydrogen-bond donors (Lipinski definition) is 0. The standard InChI is InChI=1S/C11H19BrO4/c1-4-15-10(13)9(7-6-8(3)12)11(14)16-5-2/h8-9H,4-7H2,1-3H3. The SMILES string of the molecule is CCOC(=O)C(CCC(C)Br)C(=O)OCC. The number of carbonyl (C=O) groups excluding carboxylic acids is 2. The third-order valence-corrected chi connectivity index (χ3v) is 2.45. The van der Waals surface area contributed by atoms with Gasteiger partial charge in [0.05, 0.1) is 13.2 Å². The molecule has 0 aliphatic rings. The van der Waals surface area contributed by atoms with Gasteiger partial charge in [0.2, 0.25) is 0 Å². The van der Waals surface area contributed by atoms with Gasteiger partial charge < -0.3 is 9.47 Å². The van der Waals surface area contributed by atoms with E-state index in [1.54, 1.807) is 13.8 Å². The first-order valence-corrected chi connectivity index (χ1v) is 6.41. The molecule has 0 bridgehead atoms. The van der Waals surface area contributed by atoms with Crippen LogP contribution < -0.4 is 0 Å². The topological polar surface area (TPSA) is 52.6 Å². The number of rotatable bonds is 7. The Balaban J connectivity index is 4.37. The molecule has 0 N–H and O–H groups in total. The van der Waals surface area contributed by atoms with Crippen molar-refractivity contribution in [2.45, 2.75) is 38.4 Å². The van der Waals surface area contributed by atoms with Crippen LogP contribution in [0.3, 0.4) is 0 Å². The van der Waals surface area contributed by atoms with Gasteiger partial charge in [0, 0.05) is 4.83 Å². The molecule has 0 aromatic carbocycles. The summed E-state index contributed by atoms with van der Waals surface area (Å²) in [5.74, 6) is -1.77. The van der Waals surface area contributed by atoms with Gasteiger partial charge in [-0.2, -0.15) is 0 Å². The van der Waals surface area contributed by atoms with E-state index in [-0.39, 0.29) is 18.0 Å². The van der Waals surface area contributed by atoms with Crippen molar-refractivity contribution in [1.82, 2.24) is 0 Å². The number of alkyl halides is 1. The van der Waals surface area contributed by atoms with Crippen LogP contribution in [0.2, 0.25) is 0 Å². The molecular weight excluding hydrogens is 276 g/mol. The van der Waals surface area contributed by atoms with E-state index in [1.165, 1.54) is 0 Å². The van der Waals surface area contributed by atoms with Gasteiger partial charge in [0.25, 0.3) is 0 Å². The lowest BCUT2D eigenvalue weighted by Crippen LogP contribution is -2.28. The van der Waals surface area contributed by atoms with Crippen LogP contribution in [0.4, 0.5) is 0 Å². The first-order valence-electron chi connectivity index (χ1n) is 5.50. The molecular formula is C11H19BrO4. The van der Waals surface area contributed by atoms with Gasteiger partial charge >= 0.3 is 11.9 Å². The summed E-state index contributed by atoms with van der Waals surface area (Å²) in [6.07, 6.45) is 1.17. The molecule has 0 heterocycles. The van der Waals surface area contributed by atoms with E-state index < -0.39 is 17.9 Å². The van der Waals surface area contributed by atoms with Crippen molar-refractivity contribution in [3.05, 3.63) is 0 Å². The Bertz CT molecular complexity index is 210. The van der Waals surface area contributed by atoms with Crippen LogP contribution in [0.1, 0.15) is 33.6 Å². The van der Waals surface area contributed by atoms with Gasteiger partial charge in [-0.05, 0) is 26.7 Å². The van der Waals surface area contributed by atoms with Crippen molar-refractivity contribution in [2.24, 2.45) is 5.92 Å². The van der Waals surface area contributed by atoms with E-state index in [0.717, 1.165) is 6.42 Å². The monoisotopic (exact) mass is 294 g/mol. The van der Waals surface area contributed by atoms with Crippen LogP contribution in [0.5, 0.6) is 0 Å². The van der Waals surface area contributed by atoms with E-state index in [1.807, 2.05) is 6.92 Å². The Morgan fingerprint density at radius 2 is 1.50 bits per heavy atom. The Kier molecular flexibility index (Phi) is 8.25. The van der Waals surface area contributed by atoms with Gasteiger partial charge in [-0.15, -0.1) is 0 Å². The molecule has 0 aromatic heterocycles. The quantitative estimate of drug-likeness (QED) is 0.411. The highest BCUT2D eigenvalue weighted by molar-refractivity contribution is 9.09. The fourth-order valence-corrected chi connectivity index (χ4v) is 1.48. The Morgan fingerprint density at radius 1 is 1.06 bits per heavy atom. The second-order valence-corrected chi connectivity index (χ2v) is 4.98. The Morgan fingerprint density at radius 3 is 1.81 bits per heavy atom. The second kappa shape index (κ2) is 8.56. The predicted molar refractivity (Wildman–Crippen MR) is 64.4 cm³/mol. The fraction of sp³-hybridized carbons (Fsp3) is 0.818. The minimum Gasteiger partial charge on any atom is -0.465 e. The van der Waals surface area contributed by atoms with E-state index in [2.05, 4.69) is 15.9 Å². The molecule has 0 aromatic rings. The largest absolute Gasteiger partial charge is 0.465 e. The number of carbonyl (C=O) groups is 2. The number of halogens is 1. The lowest BCUT2D eigenvalue weighted by atomic mass is 10.0. The first kappa shape index (κ1) is 15.4. The molecule has 5 heteroatoms. The molecule has 0 amide bonds. The maximum atomic E-state index is 11.5. The van der Waals surface area contributed by atoms with Crippen LogP contribution in [0.15, 0.2) is 0 Å². The molecule has 1 unspecified atom stereocenters. The molecule has 0 aliphatic carbocycles. The zero-order chi connectivity index (χ0) is 12.6. The first-order chi connectivity index (χ1) is 7.52. The third kappa shape index (κ3) is 6.10. The summed E-state index contributed by atoms with van der Waals surface area (Å²) < 4.78 is 9.70. The Labute approximate surface area is 105 Å². The number of ether oxygens (including phenoxy) is 2. The molecule has 0 spiro atoms. The van der Waals surface area contributed by atoms with E-state index in [9.17, 15) is 9.59 Å². The smallest absolute Gasteiger partial charge is 0.320 e.